The molecular weight excluding hydrogens is 220 g/mol. The third-order valence-electron chi connectivity index (χ3n) is 3.46. The van der Waals surface area contributed by atoms with Crippen LogP contribution >= 0.6 is 0 Å². The summed E-state index contributed by atoms with van der Waals surface area (Å²) < 4.78 is 0. The lowest BCUT2D eigenvalue weighted by Crippen LogP contribution is -2.35. The van der Waals surface area contributed by atoms with E-state index in [2.05, 4.69) is 73.7 Å². The minimum atomic E-state index is 0.561. The smallest absolute Gasteiger partial charge is 0.0206 e. The molecule has 2 aromatic rings. The molecule has 0 aliphatic heterocycles. The van der Waals surface area contributed by atoms with Gasteiger partial charge in [-0.25, -0.2) is 0 Å². The van der Waals surface area contributed by atoms with E-state index < -0.39 is 0 Å². The molecule has 0 heterocycles. The zero-order chi connectivity index (χ0) is 13.0. The lowest BCUT2D eigenvalue weighted by molar-refractivity contribution is 0.302. The van der Waals surface area contributed by atoms with Crippen molar-refractivity contribution in [3.8, 4) is 0 Å². The van der Waals surface area contributed by atoms with Crippen LogP contribution in [0.4, 0.5) is 0 Å². The van der Waals surface area contributed by atoms with E-state index in [1.807, 2.05) is 0 Å². The largest absolute Gasteiger partial charge is 0.311 e. The van der Waals surface area contributed by atoms with Gasteiger partial charge in [-0.2, -0.15) is 0 Å². The van der Waals surface area contributed by atoms with E-state index in [4.69, 9.17) is 0 Å². The molecule has 96 valence electrons. The maximum atomic E-state index is 3.51. The second kappa shape index (κ2) is 5.98. The summed E-state index contributed by atoms with van der Waals surface area (Å²) in [5.41, 5.74) is 1.35. The molecule has 0 saturated carbocycles. The van der Waals surface area contributed by atoms with Crippen LogP contribution in [0.2, 0.25) is 0 Å². The van der Waals surface area contributed by atoms with Crippen LogP contribution in [-0.4, -0.2) is 31.6 Å². The number of benzene rings is 2. The number of nitrogens with one attached hydrogen (secondary N) is 1. The van der Waals surface area contributed by atoms with Crippen LogP contribution in [0.5, 0.6) is 0 Å². The summed E-state index contributed by atoms with van der Waals surface area (Å²) in [6.07, 6.45) is 0. The Morgan fingerprint density at radius 1 is 1.06 bits per heavy atom. The van der Waals surface area contributed by atoms with Crippen molar-refractivity contribution in [2.24, 2.45) is 0 Å². The molecule has 2 heteroatoms. The Bertz CT molecular complexity index is 505. The monoisotopic (exact) mass is 242 g/mol. The maximum absolute atomic E-state index is 3.51. The van der Waals surface area contributed by atoms with Gasteiger partial charge in [0.25, 0.3) is 0 Å². The molecule has 0 aliphatic rings. The van der Waals surface area contributed by atoms with Crippen LogP contribution in [0.15, 0.2) is 42.5 Å². The SMILES string of the molecule is CC(CNCc1ccc2ccccc2c1)N(C)C. The van der Waals surface area contributed by atoms with Gasteiger partial charge in [-0.15, -0.1) is 0 Å². The summed E-state index contributed by atoms with van der Waals surface area (Å²) >= 11 is 0. The van der Waals surface area contributed by atoms with Crippen LogP contribution in [0.25, 0.3) is 10.8 Å². The van der Waals surface area contributed by atoms with Crippen molar-refractivity contribution in [3.05, 3.63) is 48.0 Å². The van der Waals surface area contributed by atoms with E-state index in [1.54, 1.807) is 0 Å². The number of nitrogens with zero attached hydrogens (tertiary/aromatic N) is 1. The predicted octanol–water partition coefficient (Wildman–Crippen LogP) is 2.88. The molecule has 1 unspecified atom stereocenters. The van der Waals surface area contributed by atoms with Crippen molar-refractivity contribution in [1.82, 2.24) is 10.2 Å². The summed E-state index contributed by atoms with van der Waals surface area (Å²) in [7, 11) is 4.23. The molecule has 18 heavy (non-hydrogen) atoms. The fourth-order valence-electron chi connectivity index (χ4n) is 1.96. The Morgan fingerprint density at radius 2 is 1.78 bits per heavy atom. The van der Waals surface area contributed by atoms with Crippen molar-refractivity contribution in [2.45, 2.75) is 19.5 Å². The predicted molar refractivity (Wildman–Crippen MR) is 78.8 cm³/mol. The highest BCUT2D eigenvalue weighted by atomic mass is 15.1. The first-order chi connectivity index (χ1) is 8.66. The van der Waals surface area contributed by atoms with Crippen LogP contribution in [0, 0.1) is 0 Å². The minimum Gasteiger partial charge on any atom is -0.311 e. The summed E-state index contributed by atoms with van der Waals surface area (Å²) in [5, 5.41) is 6.13. The lowest BCUT2D eigenvalue weighted by Gasteiger charge is -2.20. The van der Waals surface area contributed by atoms with Crippen LogP contribution in [0.1, 0.15) is 12.5 Å². The highest BCUT2D eigenvalue weighted by Crippen LogP contribution is 2.15. The van der Waals surface area contributed by atoms with E-state index in [1.165, 1.54) is 16.3 Å². The van der Waals surface area contributed by atoms with Gasteiger partial charge in [-0.1, -0.05) is 36.4 Å². The molecule has 0 fully saturated rings. The van der Waals surface area contributed by atoms with E-state index >= 15 is 0 Å². The maximum Gasteiger partial charge on any atom is 0.0206 e. The molecule has 0 aliphatic carbocycles. The Morgan fingerprint density at radius 3 is 2.50 bits per heavy atom. The summed E-state index contributed by atoms with van der Waals surface area (Å²) in [4.78, 5) is 2.23. The molecule has 0 bridgehead atoms. The first-order valence-corrected chi connectivity index (χ1v) is 6.51. The quantitative estimate of drug-likeness (QED) is 0.867. The molecule has 0 aromatic heterocycles. The van der Waals surface area contributed by atoms with Crippen molar-refractivity contribution in [3.63, 3.8) is 0 Å². The van der Waals surface area contributed by atoms with Gasteiger partial charge >= 0.3 is 0 Å². The van der Waals surface area contributed by atoms with Gasteiger partial charge in [-0.3, -0.25) is 0 Å². The third kappa shape index (κ3) is 3.31. The Kier molecular flexibility index (Phi) is 4.34. The Labute approximate surface area is 110 Å². The lowest BCUT2D eigenvalue weighted by atomic mass is 10.1. The van der Waals surface area contributed by atoms with Gasteiger partial charge in [0.05, 0.1) is 0 Å². The zero-order valence-corrected chi connectivity index (χ0v) is 11.5. The molecule has 0 saturated heterocycles. The molecular formula is C16H22N2. The molecule has 1 atom stereocenters. The zero-order valence-electron chi connectivity index (χ0n) is 11.5. The molecule has 0 amide bonds. The fraction of sp³-hybridized carbons (Fsp3) is 0.375. The molecule has 0 radical (unpaired) electrons. The molecule has 2 nitrogen and oxygen atoms in total. The van der Waals surface area contributed by atoms with E-state index in [-0.39, 0.29) is 0 Å². The van der Waals surface area contributed by atoms with Gasteiger partial charge < -0.3 is 10.2 Å². The van der Waals surface area contributed by atoms with Gasteiger partial charge in [0, 0.05) is 19.1 Å². The highest BCUT2D eigenvalue weighted by Gasteiger charge is 2.03. The number of fused-ring (bicyclic) bond motifs is 1. The van der Waals surface area contributed by atoms with Gasteiger partial charge in [0.2, 0.25) is 0 Å². The van der Waals surface area contributed by atoms with Crippen molar-refractivity contribution >= 4 is 10.8 Å². The summed E-state index contributed by atoms with van der Waals surface area (Å²) in [5.74, 6) is 0. The van der Waals surface area contributed by atoms with E-state index in [0.29, 0.717) is 6.04 Å². The summed E-state index contributed by atoms with van der Waals surface area (Å²) in [6.45, 7) is 4.18. The number of hydrogen-bond acceptors (Lipinski definition) is 2. The van der Waals surface area contributed by atoms with Crippen LogP contribution in [0.3, 0.4) is 0 Å². The van der Waals surface area contributed by atoms with Crippen LogP contribution < -0.4 is 5.32 Å². The second-order valence-electron chi connectivity index (χ2n) is 5.13. The van der Waals surface area contributed by atoms with Crippen molar-refractivity contribution in [2.75, 3.05) is 20.6 Å². The fourth-order valence-corrected chi connectivity index (χ4v) is 1.96. The highest BCUT2D eigenvalue weighted by molar-refractivity contribution is 5.82. The number of hydrogen-bond donors (Lipinski definition) is 1. The van der Waals surface area contributed by atoms with Gasteiger partial charge in [0.1, 0.15) is 0 Å². The molecule has 2 aromatic carbocycles. The average Bonchev–Trinajstić information content (AvgIpc) is 2.38. The minimum absolute atomic E-state index is 0.561. The standard InChI is InChI=1S/C16H22N2/c1-13(18(2)3)11-17-12-14-8-9-15-6-4-5-7-16(15)10-14/h4-10,13,17H,11-12H2,1-3H3. The van der Waals surface area contributed by atoms with Crippen LogP contribution in [-0.2, 0) is 6.54 Å². The van der Waals surface area contributed by atoms with E-state index in [0.717, 1.165) is 13.1 Å². The van der Waals surface area contributed by atoms with Crippen molar-refractivity contribution in [1.29, 1.82) is 0 Å². The van der Waals surface area contributed by atoms with Gasteiger partial charge in [0.15, 0.2) is 0 Å². The average molecular weight is 242 g/mol. The molecule has 2 rings (SSSR count). The van der Waals surface area contributed by atoms with E-state index in [9.17, 15) is 0 Å². The first kappa shape index (κ1) is 13.1. The second-order valence-corrected chi connectivity index (χ2v) is 5.13. The van der Waals surface area contributed by atoms with Gasteiger partial charge in [-0.05, 0) is 43.4 Å². The third-order valence-corrected chi connectivity index (χ3v) is 3.46. The Balaban J connectivity index is 1.96. The number of likely N-dealkylation sites (N-methyl/N-ethyl adjacent to an activating group) is 1. The van der Waals surface area contributed by atoms with Crippen molar-refractivity contribution < 1.29 is 0 Å². The Hall–Kier alpha value is -1.38. The first-order valence-electron chi connectivity index (χ1n) is 6.51. The number of rotatable bonds is 5. The topological polar surface area (TPSA) is 15.3 Å². The molecule has 0 spiro atoms. The summed E-state index contributed by atoms with van der Waals surface area (Å²) in [6, 6.07) is 15.7. The normalized spacial score (nSPS) is 13.1. The molecule has 1 N–H and O–H groups in total.